The average molecular weight is 541 g/mol. The number of hydrogen-bond acceptors (Lipinski definition) is 8. The molecule has 0 aromatic heterocycles. The van der Waals surface area contributed by atoms with E-state index >= 15 is 0 Å². The molecule has 0 aliphatic carbocycles. The van der Waals surface area contributed by atoms with Crippen LogP contribution in [0.3, 0.4) is 0 Å². The Balaban J connectivity index is 1.30. The highest BCUT2D eigenvalue weighted by atomic mass is 32.2. The van der Waals surface area contributed by atoms with Gasteiger partial charge in [0.1, 0.15) is 18.2 Å². The quantitative estimate of drug-likeness (QED) is 0.398. The van der Waals surface area contributed by atoms with Gasteiger partial charge in [0.2, 0.25) is 5.91 Å². The van der Waals surface area contributed by atoms with Gasteiger partial charge in [0.15, 0.2) is 9.84 Å². The minimum absolute atomic E-state index is 0.0209. The summed E-state index contributed by atoms with van der Waals surface area (Å²) in [5, 5.41) is 12.0. The summed E-state index contributed by atoms with van der Waals surface area (Å²) in [5.74, 6) is 0.869. The molecule has 12 heteroatoms. The first kappa shape index (κ1) is 29.2. The van der Waals surface area contributed by atoms with Crippen molar-refractivity contribution in [2.75, 3.05) is 78.6 Å². The van der Waals surface area contributed by atoms with Gasteiger partial charge in [-0.2, -0.15) is 0 Å². The molecule has 0 bridgehead atoms. The van der Waals surface area contributed by atoms with E-state index < -0.39 is 15.9 Å². The lowest BCUT2D eigenvalue weighted by atomic mass is 9.96. The lowest BCUT2D eigenvalue weighted by Gasteiger charge is -2.38. The number of piperazine rings is 1. The minimum Gasteiger partial charge on any atom is -0.497 e. The van der Waals surface area contributed by atoms with E-state index in [9.17, 15) is 18.0 Å². The fraction of sp³-hybridized carbons (Fsp3) is 0.680. The van der Waals surface area contributed by atoms with Crippen LogP contribution in [0.15, 0.2) is 17.0 Å². The smallest absolute Gasteiger partial charge is 0.407 e. The Bertz CT molecular complexity index is 1010. The molecule has 3 rings (SSSR count). The third-order valence-electron chi connectivity index (χ3n) is 7.05. The Labute approximate surface area is 219 Å². The Morgan fingerprint density at radius 1 is 1.03 bits per heavy atom. The predicted octanol–water partition coefficient (Wildman–Crippen LogP) is 1.18. The molecule has 2 heterocycles. The van der Waals surface area contributed by atoms with E-state index in [1.807, 2.05) is 4.90 Å². The number of amides is 2. The number of carbonyl (C=O) groups is 2. The summed E-state index contributed by atoms with van der Waals surface area (Å²) in [5.41, 5.74) is 1.29. The van der Waals surface area contributed by atoms with Crippen molar-refractivity contribution in [2.24, 2.45) is 5.92 Å². The van der Waals surface area contributed by atoms with E-state index in [0.29, 0.717) is 60.4 Å². The molecule has 0 unspecified atom stereocenters. The number of nitrogens with one attached hydrogen (secondary N) is 1. The second kappa shape index (κ2) is 13.4. The normalized spacial score (nSPS) is 17.7. The van der Waals surface area contributed by atoms with Crippen LogP contribution < -0.4 is 10.1 Å². The number of carbonyl (C=O) groups excluding carboxylic acids is 1. The van der Waals surface area contributed by atoms with Crippen LogP contribution >= 0.6 is 0 Å². The zero-order valence-corrected chi connectivity index (χ0v) is 22.9. The molecule has 208 valence electrons. The van der Waals surface area contributed by atoms with Crippen LogP contribution in [0.2, 0.25) is 0 Å². The lowest BCUT2D eigenvalue weighted by Crippen LogP contribution is -2.50. The highest BCUT2D eigenvalue weighted by Gasteiger charge is 2.27. The standard InChI is InChI=1S/C25H40N4O7S/c1-19-14-22(35-3)15-20(2)24(19)37(33,34)18-26-6-13-36-17-23(30)28-7-4-21(5-8-28)16-27-9-11-29(12-10-27)25(31)32/h14-15,21,26H,4-13,16-18H2,1-3H3,(H,31,32). The first-order chi connectivity index (χ1) is 17.6. The topological polar surface area (TPSA) is 129 Å². The van der Waals surface area contributed by atoms with Gasteiger partial charge in [0, 0.05) is 52.4 Å². The van der Waals surface area contributed by atoms with Crippen molar-refractivity contribution in [1.82, 2.24) is 20.0 Å². The Hall–Kier alpha value is -2.41. The number of rotatable bonds is 11. The maximum atomic E-state index is 12.8. The summed E-state index contributed by atoms with van der Waals surface area (Å²) >= 11 is 0. The van der Waals surface area contributed by atoms with Crippen LogP contribution in [0.1, 0.15) is 24.0 Å². The number of benzene rings is 1. The molecule has 0 radical (unpaired) electrons. The van der Waals surface area contributed by atoms with E-state index in [0.717, 1.165) is 32.5 Å². The van der Waals surface area contributed by atoms with E-state index in [2.05, 4.69) is 10.2 Å². The van der Waals surface area contributed by atoms with Gasteiger partial charge >= 0.3 is 6.09 Å². The molecular formula is C25H40N4O7S. The van der Waals surface area contributed by atoms with Gasteiger partial charge in [0.25, 0.3) is 0 Å². The molecule has 37 heavy (non-hydrogen) atoms. The van der Waals surface area contributed by atoms with Gasteiger partial charge in [-0.25, -0.2) is 13.2 Å². The molecule has 2 amide bonds. The van der Waals surface area contributed by atoms with Crippen LogP contribution in [-0.4, -0.2) is 119 Å². The van der Waals surface area contributed by atoms with Crippen molar-refractivity contribution >= 4 is 21.8 Å². The maximum Gasteiger partial charge on any atom is 0.407 e. The van der Waals surface area contributed by atoms with Crippen LogP contribution in [0, 0.1) is 19.8 Å². The second-order valence-electron chi connectivity index (χ2n) is 9.80. The molecule has 0 atom stereocenters. The van der Waals surface area contributed by atoms with Crippen LogP contribution in [0.4, 0.5) is 4.79 Å². The summed E-state index contributed by atoms with van der Waals surface area (Å²) in [7, 11) is -1.97. The molecule has 2 aliphatic rings. The zero-order valence-electron chi connectivity index (χ0n) is 22.1. The molecule has 0 spiro atoms. The van der Waals surface area contributed by atoms with Gasteiger partial charge in [0.05, 0.1) is 18.6 Å². The van der Waals surface area contributed by atoms with Gasteiger partial charge in [-0.05, 0) is 55.9 Å². The van der Waals surface area contributed by atoms with Gasteiger partial charge < -0.3 is 29.7 Å². The average Bonchev–Trinajstić information content (AvgIpc) is 2.86. The molecule has 2 N–H and O–H groups in total. The Kier molecular flexibility index (Phi) is 10.6. The Morgan fingerprint density at radius 3 is 2.22 bits per heavy atom. The number of likely N-dealkylation sites (tertiary alicyclic amines) is 1. The summed E-state index contributed by atoms with van der Waals surface area (Å²) in [4.78, 5) is 29.4. The summed E-state index contributed by atoms with van der Waals surface area (Å²) in [6, 6.07) is 3.42. The molecule has 1 aromatic rings. The SMILES string of the molecule is COc1cc(C)c(S(=O)(=O)CNCCOCC(=O)N2CCC(CN3CCN(C(=O)O)CC3)CC2)c(C)c1. The van der Waals surface area contributed by atoms with Crippen molar-refractivity contribution in [1.29, 1.82) is 0 Å². The molecule has 1 aromatic carbocycles. The molecule has 0 saturated carbocycles. The number of piperidine rings is 1. The van der Waals surface area contributed by atoms with Crippen molar-refractivity contribution in [3.05, 3.63) is 23.3 Å². The third kappa shape index (κ3) is 8.29. The number of nitrogens with zero attached hydrogens (tertiary/aromatic N) is 3. The third-order valence-corrected chi connectivity index (χ3v) is 8.90. The second-order valence-corrected chi connectivity index (χ2v) is 11.7. The van der Waals surface area contributed by atoms with E-state index in [4.69, 9.17) is 14.6 Å². The first-order valence-electron chi connectivity index (χ1n) is 12.7. The fourth-order valence-corrected chi connectivity index (χ4v) is 6.70. The van der Waals surface area contributed by atoms with Gasteiger partial charge in [-0.15, -0.1) is 0 Å². The lowest BCUT2D eigenvalue weighted by molar-refractivity contribution is -0.137. The highest BCUT2D eigenvalue weighted by Crippen LogP contribution is 2.26. The first-order valence-corrected chi connectivity index (χ1v) is 14.4. The van der Waals surface area contributed by atoms with Crippen LogP contribution in [-0.2, 0) is 19.4 Å². The molecule has 2 saturated heterocycles. The van der Waals surface area contributed by atoms with Gasteiger partial charge in [-0.1, -0.05) is 0 Å². The highest BCUT2D eigenvalue weighted by molar-refractivity contribution is 7.91. The van der Waals surface area contributed by atoms with E-state index in [1.165, 1.54) is 4.90 Å². The molecular weight excluding hydrogens is 500 g/mol. The number of aryl methyl sites for hydroxylation is 2. The molecule has 2 fully saturated rings. The maximum absolute atomic E-state index is 12.8. The number of sulfone groups is 1. The molecule has 2 aliphatic heterocycles. The summed E-state index contributed by atoms with van der Waals surface area (Å²) < 4.78 is 36.3. The van der Waals surface area contributed by atoms with Gasteiger partial charge in [-0.3, -0.25) is 9.69 Å². The van der Waals surface area contributed by atoms with Crippen molar-refractivity contribution in [3.8, 4) is 5.75 Å². The number of carboxylic acid groups (broad SMARTS) is 1. The van der Waals surface area contributed by atoms with Crippen molar-refractivity contribution < 1.29 is 32.6 Å². The number of hydrogen-bond donors (Lipinski definition) is 2. The zero-order chi connectivity index (χ0) is 27.0. The van der Waals surface area contributed by atoms with Crippen LogP contribution in [0.5, 0.6) is 5.75 Å². The summed E-state index contributed by atoms with van der Waals surface area (Å²) in [6.45, 7) is 8.98. The monoisotopic (exact) mass is 540 g/mol. The minimum atomic E-state index is -3.52. The van der Waals surface area contributed by atoms with Crippen molar-refractivity contribution in [2.45, 2.75) is 31.6 Å². The number of methoxy groups -OCH3 is 1. The fourth-order valence-electron chi connectivity index (χ4n) is 5.04. The summed E-state index contributed by atoms with van der Waals surface area (Å²) in [6.07, 6.45) is 0.997. The van der Waals surface area contributed by atoms with E-state index in [1.54, 1.807) is 33.1 Å². The molecule has 11 nitrogen and oxygen atoms in total. The Morgan fingerprint density at radius 2 is 1.65 bits per heavy atom. The predicted molar refractivity (Wildman–Crippen MR) is 139 cm³/mol. The van der Waals surface area contributed by atoms with Crippen LogP contribution in [0.25, 0.3) is 0 Å². The number of ether oxygens (including phenoxy) is 2. The van der Waals surface area contributed by atoms with Crippen molar-refractivity contribution in [3.63, 3.8) is 0 Å². The van der Waals surface area contributed by atoms with E-state index in [-0.39, 0.29) is 25.0 Å². The largest absolute Gasteiger partial charge is 0.497 e.